The lowest BCUT2D eigenvalue weighted by Gasteiger charge is -2.42. The van der Waals surface area contributed by atoms with Gasteiger partial charge in [-0.1, -0.05) is 38.1 Å². The molecule has 9 nitrogen and oxygen atoms in total. The SMILES string of the molecule is Cc1ccc(NC(=O)C2(c3ccccc3C(C)C)CCN(C(=O)Cc3c[nH][nH]c3=O)CC2)c(OC(F)F)n1. The Bertz CT molecular complexity index is 1360. The number of halogens is 2. The molecule has 3 aromatic rings. The number of anilines is 1. The Balaban J connectivity index is 1.65. The zero-order valence-corrected chi connectivity index (χ0v) is 21.5. The fourth-order valence-electron chi connectivity index (χ4n) is 4.98. The molecule has 0 aliphatic carbocycles. The summed E-state index contributed by atoms with van der Waals surface area (Å²) in [5, 5.41) is 7.80. The fourth-order valence-corrected chi connectivity index (χ4v) is 4.98. The largest absolute Gasteiger partial charge is 0.415 e. The molecule has 1 aromatic carbocycles. The van der Waals surface area contributed by atoms with Crippen LogP contribution in [0.5, 0.6) is 5.88 Å². The quantitative estimate of drug-likeness (QED) is 0.411. The van der Waals surface area contributed by atoms with Gasteiger partial charge in [-0.05, 0) is 48.9 Å². The molecule has 4 rings (SSSR count). The summed E-state index contributed by atoms with van der Waals surface area (Å²) in [7, 11) is 0. The maximum atomic E-state index is 14.0. The van der Waals surface area contributed by atoms with Crippen molar-refractivity contribution >= 4 is 17.5 Å². The highest BCUT2D eigenvalue weighted by atomic mass is 19.3. The lowest BCUT2D eigenvalue weighted by molar-refractivity contribution is -0.134. The van der Waals surface area contributed by atoms with E-state index >= 15 is 0 Å². The highest BCUT2D eigenvalue weighted by Crippen LogP contribution is 2.41. The first-order valence-corrected chi connectivity index (χ1v) is 12.5. The predicted octanol–water partition coefficient (Wildman–Crippen LogP) is 3.87. The number of aromatic nitrogens is 3. The van der Waals surface area contributed by atoms with Crippen LogP contribution < -0.4 is 15.6 Å². The molecule has 2 amide bonds. The predicted molar refractivity (Wildman–Crippen MR) is 137 cm³/mol. The topological polar surface area (TPSA) is 120 Å². The number of pyridine rings is 1. The smallest absolute Gasteiger partial charge is 0.388 e. The average Bonchev–Trinajstić information content (AvgIpc) is 3.29. The van der Waals surface area contributed by atoms with Crippen LogP contribution >= 0.6 is 0 Å². The molecule has 0 spiro atoms. The van der Waals surface area contributed by atoms with E-state index in [0.29, 0.717) is 24.1 Å². The number of aryl methyl sites for hydroxylation is 1. The van der Waals surface area contributed by atoms with Crippen LogP contribution in [0.2, 0.25) is 0 Å². The first-order chi connectivity index (χ1) is 18.1. The first kappa shape index (κ1) is 27.0. The molecular weight excluding hydrogens is 496 g/mol. The number of ether oxygens (including phenoxy) is 1. The van der Waals surface area contributed by atoms with Crippen LogP contribution in [0.3, 0.4) is 0 Å². The summed E-state index contributed by atoms with van der Waals surface area (Å²) >= 11 is 0. The molecule has 1 aliphatic rings. The Morgan fingerprint density at radius 3 is 2.50 bits per heavy atom. The van der Waals surface area contributed by atoms with Crippen LogP contribution in [0.15, 0.2) is 47.4 Å². The fraction of sp³-hybridized carbons (Fsp3) is 0.407. The lowest BCUT2D eigenvalue weighted by Crippen LogP contribution is -2.51. The molecule has 3 heterocycles. The van der Waals surface area contributed by atoms with Gasteiger partial charge in [-0.2, -0.15) is 8.78 Å². The molecule has 0 atom stereocenters. The number of piperidine rings is 1. The standard InChI is InChI=1S/C27H31F2N5O4/c1-16(2)19-6-4-5-7-20(19)27(25(37)32-21-9-8-17(3)31-24(21)38-26(28)29)10-12-34(13-11-27)22(35)14-18-15-30-33-23(18)36/h4-9,15-16,26H,10-14H2,1-3H3,(H,32,37)(H2,30,33,36). The summed E-state index contributed by atoms with van der Waals surface area (Å²) < 4.78 is 30.7. The number of hydrogen-bond donors (Lipinski definition) is 3. The van der Waals surface area contributed by atoms with Crippen LogP contribution in [0.4, 0.5) is 14.5 Å². The van der Waals surface area contributed by atoms with Gasteiger partial charge >= 0.3 is 6.61 Å². The molecule has 202 valence electrons. The minimum absolute atomic E-state index is 0.0486. The molecule has 0 bridgehead atoms. The van der Waals surface area contributed by atoms with Crippen molar-refractivity contribution in [3.05, 3.63) is 75.3 Å². The maximum Gasteiger partial charge on any atom is 0.388 e. The first-order valence-electron chi connectivity index (χ1n) is 12.5. The van der Waals surface area contributed by atoms with E-state index in [2.05, 4.69) is 25.2 Å². The van der Waals surface area contributed by atoms with Gasteiger partial charge in [0, 0.05) is 30.5 Å². The third-order valence-electron chi connectivity index (χ3n) is 7.02. The molecule has 3 N–H and O–H groups in total. The van der Waals surface area contributed by atoms with Gasteiger partial charge in [0.15, 0.2) is 0 Å². The summed E-state index contributed by atoms with van der Waals surface area (Å²) in [5.74, 6) is -0.833. The summed E-state index contributed by atoms with van der Waals surface area (Å²) in [4.78, 5) is 44.5. The van der Waals surface area contributed by atoms with E-state index in [1.165, 1.54) is 12.3 Å². The number of likely N-dealkylation sites (tertiary alicyclic amines) is 1. The third kappa shape index (κ3) is 5.61. The second-order valence-corrected chi connectivity index (χ2v) is 9.79. The number of H-pyrrole nitrogens is 2. The number of carbonyl (C=O) groups excluding carboxylic acids is 2. The number of amides is 2. The molecule has 2 aromatic heterocycles. The highest BCUT2D eigenvalue weighted by Gasteiger charge is 2.45. The van der Waals surface area contributed by atoms with Gasteiger partial charge in [-0.15, -0.1) is 0 Å². The Morgan fingerprint density at radius 2 is 1.87 bits per heavy atom. The van der Waals surface area contributed by atoms with Crippen LogP contribution in [0, 0.1) is 6.92 Å². The molecule has 11 heteroatoms. The van der Waals surface area contributed by atoms with Gasteiger partial charge in [-0.3, -0.25) is 19.5 Å². The van der Waals surface area contributed by atoms with E-state index in [1.807, 2.05) is 38.1 Å². The molecule has 0 radical (unpaired) electrons. The van der Waals surface area contributed by atoms with Gasteiger partial charge in [0.05, 0.1) is 11.8 Å². The van der Waals surface area contributed by atoms with Gasteiger partial charge < -0.3 is 20.1 Å². The summed E-state index contributed by atoms with van der Waals surface area (Å²) in [6, 6.07) is 10.8. The molecule has 38 heavy (non-hydrogen) atoms. The van der Waals surface area contributed by atoms with Crippen molar-refractivity contribution in [2.24, 2.45) is 0 Å². The minimum Gasteiger partial charge on any atom is -0.415 e. The van der Waals surface area contributed by atoms with Gasteiger partial charge in [0.25, 0.3) is 5.56 Å². The molecule has 1 fully saturated rings. The number of nitrogens with zero attached hydrogens (tertiary/aromatic N) is 2. The summed E-state index contributed by atoms with van der Waals surface area (Å²) in [6.07, 6.45) is 2.03. The third-order valence-corrected chi connectivity index (χ3v) is 7.02. The Labute approximate surface area is 218 Å². The molecule has 1 aliphatic heterocycles. The van der Waals surface area contributed by atoms with E-state index in [4.69, 9.17) is 0 Å². The zero-order valence-electron chi connectivity index (χ0n) is 21.5. The number of benzene rings is 1. The van der Waals surface area contributed by atoms with Crippen molar-refractivity contribution in [1.29, 1.82) is 0 Å². The number of rotatable bonds is 8. The summed E-state index contributed by atoms with van der Waals surface area (Å²) in [5.41, 5.74) is 1.30. The molecule has 1 saturated heterocycles. The van der Waals surface area contributed by atoms with E-state index in [-0.39, 0.29) is 54.4 Å². The number of aromatic amines is 2. The lowest BCUT2D eigenvalue weighted by atomic mass is 9.69. The van der Waals surface area contributed by atoms with Crippen molar-refractivity contribution < 1.29 is 23.1 Å². The van der Waals surface area contributed by atoms with Crippen LogP contribution in [-0.2, 0) is 21.4 Å². The van der Waals surface area contributed by atoms with Crippen molar-refractivity contribution in [3.8, 4) is 5.88 Å². The average molecular weight is 528 g/mol. The molecule has 0 saturated carbocycles. The molecule has 0 unspecified atom stereocenters. The van der Waals surface area contributed by atoms with E-state index in [1.54, 1.807) is 17.9 Å². The Hall–Kier alpha value is -4.02. The number of nitrogens with one attached hydrogen (secondary N) is 3. The number of carbonyl (C=O) groups is 2. The maximum absolute atomic E-state index is 14.0. The van der Waals surface area contributed by atoms with Crippen LogP contribution in [0.1, 0.15) is 55.0 Å². The number of alkyl halides is 2. The monoisotopic (exact) mass is 527 g/mol. The normalized spacial score (nSPS) is 15.1. The second kappa shape index (κ2) is 11.2. The van der Waals surface area contributed by atoms with Crippen LogP contribution in [0.25, 0.3) is 0 Å². The van der Waals surface area contributed by atoms with Crippen molar-refractivity contribution in [1.82, 2.24) is 20.1 Å². The Morgan fingerprint density at radius 1 is 1.16 bits per heavy atom. The highest BCUT2D eigenvalue weighted by molar-refractivity contribution is 6.00. The Kier molecular flexibility index (Phi) is 7.94. The van der Waals surface area contributed by atoms with Gasteiger partial charge in [-0.25, -0.2) is 4.98 Å². The van der Waals surface area contributed by atoms with E-state index in [0.717, 1.165) is 11.1 Å². The number of hydrogen-bond acceptors (Lipinski definition) is 5. The van der Waals surface area contributed by atoms with Crippen LogP contribution in [-0.4, -0.2) is 51.6 Å². The molecular formula is C27H31F2N5O4. The van der Waals surface area contributed by atoms with E-state index in [9.17, 15) is 23.2 Å². The van der Waals surface area contributed by atoms with Gasteiger partial charge in [0.2, 0.25) is 17.7 Å². The second-order valence-electron chi connectivity index (χ2n) is 9.79. The zero-order chi connectivity index (χ0) is 27.4. The minimum atomic E-state index is -3.10. The van der Waals surface area contributed by atoms with E-state index < -0.39 is 12.0 Å². The summed E-state index contributed by atoms with van der Waals surface area (Å²) in [6.45, 7) is 3.18. The van der Waals surface area contributed by atoms with Gasteiger partial charge in [0.1, 0.15) is 5.69 Å². The van der Waals surface area contributed by atoms with Crippen molar-refractivity contribution in [2.45, 2.75) is 58.0 Å². The van der Waals surface area contributed by atoms with Crippen molar-refractivity contribution in [3.63, 3.8) is 0 Å². The van der Waals surface area contributed by atoms with Crippen molar-refractivity contribution in [2.75, 3.05) is 18.4 Å².